The molecule has 3 aromatic carbocycles. The van der Waals surface area contributed by atoms with Crippen molar-refractivity contribution in [3.05, 3.63) is 104 Å². The van der Waals surface area contributed by atoms with Gasteiger partial charge in [-0.05, 0) is 78.6 Å². The van der Waals surface area contributed by atoms with Gasteiger partial charge in [-0.15, -0.1) is 0 Å². The van der Waals surface area contributed by atoms with Crippen LogP contribution in [0.3, 0.4) is 0 Å². The van der Waals surface area contributed by atoms with Crippen molar-refractivity contribution in [1.29, 1.82) is 0 Å². The molecule has 200 valence electrons. The second-order valence-corrected chi connectivity index (χ2v) is 11.8. The lowest BCUT2D eigenvalue weighted by molar-refractivity contribution is 0.0984. The van der Waals surface area contributed by atoms with Gasteiger partial charge in [0.2, 0.25) is 0 Å². The Balaban J connectivity index is 1.16. The first-order chi connectivity index (χ1) is 18.9. The third-order valence-corrected chi connectivity index (χ3v) is 8.65. The molecule has 0 saturated heterocycles. The van der Waals surface area contributed by atoms with Crippen molar-refractivity contribution in [2.45, 2.75) is 43.6 Å². The summed E-state index contributed by atoms with van der Waals surface area (Å²) in [6.07, 6.45) is 4.97. The van der Waals surface area contributed by atoms with Gasteiger partial charge in [-0.25, -0.2) is 0 Å². The van der Waals surface area contributed by atoms with Crippen LogP contribution in [0.2, 0.25) is 15.1 Å². The molecule has 0 aliphatic heterocycles. The lowest BCUT2D eigenvalue weighted by atomic mass is 10.0. The molecule has 2 aliphatic carbocycles. The lowest BCUT2D eigenvalue weighted by Gasteiger charge is -2.11. The Kier molecular flexibility index (Phi) is 7.56. The fourth-order valence-corrected chi connectivity index (χ4v) is 6.23. The van der Waals surface area contributed by atoms with Gasteiger partial charge < -0.3 is 9.26 Å². The highest BCUT2D eigenvalue weighted by molar-refractivity contribution is 7.97. The Morgan fingerprint density at radius 2 is 1.77 bits per heavy atom. The van der Waals surface area contributed by atoms with E-state index >= 15 is 0 Å². The number of halogens is 3. The molecule has 6 rings (SSSR count). The fourth-order valence-electron chi connectivity index (χ4n) is 5.04. The minimum Gasteiger partial charge on any atom is -0.489 e. The Labute approximate surface area is 246 Å². The average molecular weight is 600 g/mol. The smallest absolute Gasteiger partial charge is 0.261 e. The number of nitrogens with one attached hydrogen (secondary N) is 1. The van der Waals surface area contributed by atoms with Crippen LogP contribution in [-0.2, 0) is 6.61 Å². The third-order valence-electron chi connectivity index (χ3n) is 7.31. The minimum absolute atomic E-state index is 0.0856. The monoisotopic (exact) mass is 598 g/mol. The standard InChI is InChI=1S/C30H25Cl3N2O3S/c1-39-35-30(36)18-9-5-16(6-10-18)21-14-22(21)20-12-11-19(13-26(20)33)37-15-23-28(34-38-29(23)17-7-8-17)27-24(31)3-2-4-25(27)32/h2-6,9-13,17,21-22H,7-8,14-15H2,1H3,(H,35,36). The van der Waals surface area contributed by atoms with Gasteiger partial charge in [-0.2, -0.15) is 0 Å². The Morgan fingerprint density at radius 3 is 2.44 bits per heavy atom. The number of ether oxygens (including phenoxy) is 1. The number of hydrogen-bond donors (Lipinski definition) is 1. The molecule has 0 radical (unpaired) electrons. The van der Waals surface area contributed by atoms with E-state index in [9.17, 15) is 4.79 Å². The van der Waals surface area contributed by atoms with Crippen molar-refractivity contribution < 1.29 is 14.1 Å². The molecule has 1 aromatic heterocycles. The van der Waals surface area contributed by atoms with Crippen molar-refractivity contribution >= 4 is 52.7 Å². The van der Waals surface area contributed by atoms with Crippen LogP contribution >= 0.6 is 46.8 Å². The van der Waals surface area contributed by atoms with Gasteiger partial charge in [0.05, 0.1) is 15.6 Å². The van der Waals surface area contributed by atoms with Gasteiger partial charge in [-0.1, -0.05) is 76.2 Å². The van der Waals surface area contributed by atoms with Crippen LogP contribution in [0.1, 0.15) is 69.8 Å². The van der Waals surface area contributed by atoms with Crippen molar-refractivity contribution in [3.8, 4) is 17.0 Å². The van der Waals surface area contributed by atoms with Gasteiger partial charge in [0.1, 0.15) is 23.8 Å². The maximum Gasteiger partial charge on any atom is 0.261 e. The van der Waals surface area contributed by atoms with Gasteiger partial charge >= 0.3 is 0 Å². The highest BCUT2D eigenvalue weighted by atomic mass is 35.5. The molecule has 0 spiro atoms. The van der Waals surface area contributed by atoms with Crippen LogP contribution in [0.25, 0.3) is 11.3 Å². The summed E-state index contributed by atoms with van der Waals surface area (Å²) in [6.45, 7) is 0.268. The van der Waals surface area contributed by atoms with Gasteiger partial charge in [0.25, 0.3) is 5.91 Å². The van der Waals surface area contributed by atoms with E-state index in [-0.39, 0.29) is 12.5 Å². The Bertz CT molecular complexity index is 1510. The van der Waals surface area contributed by atoms with Crippen molar-refractivity contribution in [2.24, 2.45) is 0 Å². The number of carbonyl (C=O) groups is 1. The van der Waals surface area contributed by atoms with Crippen LogP contribution in [0.5, 0.6) is 5.75 Å². The maximum absolute atomic E-state index is 12.0. The summed E-state index contributed by atoms with van der Waals surface area (Å²) in [5.74, 6) is 2.49. The van der Waals surface area contributed by atoms with E-state index in [0.717, 1.165) is 36.1 Å². The summed E-state index contributed by atoms with van der Waals surface area (Å²) in [4.78, 5) is 12.0. The summed E-state index contributed by atoms with van der Waals surface area (Å²) in [5, 5.41) is 6.05. The van der Waals surface area contributed by atoms with Gasteiger partial charge in [0, 0.05) is 28.3 Å². The predicted octanol–water partition coefficient (Wildman–Crippen LogP) is 9.04. The number of aromatic nitrogens is 1. The summed E-state index contributed by atoms with van der Waals surface area (Å²) in [7, 11) is 0. The molecule has 2 saturated carbocycles. The first kappa shape index (κ1) is 26.6. The molecule has 0 bridgehead atoms. The molecule has 9 heteroatoms. The number of hydrogen-bond acceptors (Lipinski definition) is 5. The first-order valence-electron chi connectivity index (χ1n) is 12.7. The van der Waals surface area contributed by atoms with Crippen molar-refractivity contribution in [2.75, 3.05) is 6.26 Å². The van der Waals surface area contributed by atoms with E-state index in [4.69, 9.17) is 44.1 Å². The molecule has 39 heavy (non-hydrogen) atoms. The molecule has 2 fully saturated rings. The van der Waals surface area contributed by atoms with Crippen LogP contribution in [-0.4, -0.2) is 17.3 Å². The molecule has 1 N–H and O–H groups in total. The molecule has 2 aliphatic rings. The molecule has 2 atom stereocenters. The van der Waals surface area contributed by atoms with Gasteiger partial charge in [0.15, 0.2) is 0 Å². The second kappa shape index (κ2) is 11.1. The summed E-state index contributed by atoms with van der Waals surface area (Å²) in [6, 6.07) is 19.1. The number of amides is 1. The van der Waals surface area contributed by atoms with Gasteiger partial charge in [-0.3, -0.25) is 9.52 Å². The van der Waals surface area contributed by atoms with E-state index in [1.165, 1.54) is 17.5 Å². The predicted molar refractivity (Wildman–Crippen MR) is 157 cm³/mol. The fraction of sp³-hybridized carbons (Fsp3) is 0.267. The van der Waals surface area contributed by atoms with Crippen LogP contribution in [0.4, 0.5) is 0 Å². The first-order valence-corrected chi connectivity index (χ1v) is 15.1. The normalized spacial score (nSPS) is 18.2. The van der Waals surface area contributed by atoms with Crippen molar-refractivity contribution in [1.82, 2.24) is 9.88 Å². The highest BCUT2D eigenvalue weighted by Crippen LogP contribution is 2.56. The van der Waals surface area contributed by atoms with E-state index in [0.29, 0.717) is 55.4 Å². The molecule has 1 heterocycles. The van der Waals surface area contributed by atoms with E-state index in [1.807, 2.05) is 48.7 Å². The summed E-state index contributed by atoms with van der Waals surface area (Å²) >= 11 is 21.0. The number of nitrogens with zero attached hydrogens (tertiary/aromatic N) is 1. The molecular weight excluding hydrogens is 575 g/mol. The number of benzene rings is 3. The van der Waals surface area contributed by atoms with Crippen LogP contribution in [0.15, 0.2) is 65.2 Å². The quantitative estimate of drug-likeness (QED) is 0.194. The average Bonchev–Trinajstić information content (AvgIpc) is 3.86. The zero-order valence-corrected chi connectivity index (χ0v) is 24.1. The highest BCUT2D eigenvalue weighted by Gasteiger charge is 2.40. The summed E-state index contributed by atoms with van der Waals surface area (Å²) in [5.41, 5.74) is 5.11. The van der Waals surface area contributed by atoms with E-state index in [1.54, 1.807) is 18.2 Å². The Hall–Kier alpha value is -2.64. The van der Waals surface area contributed by atoms with Crippen molar-refractivity contribution in [3.63, 3.8) is 0 Å². The van der Waals surface area contributed by atoms with Crippen LogP contribution in [0, 0.1) is 0 Å². The van der Waals surface area contributed by atoms with E-state index in [2.05, 4.69) is 9.88 Å². The largest absolute Gasteiger partial charge is 0.489 e. The number of carbonyl (C=O) groups excluding carboxylic acids is 1. The zero-order chi connectivity index (χ0) is 27.1. The maximum atomic E-state index is 12.0. The second-order valence-electron chi connectivity index (χ2n) is 9.92. The minimum atomic E-state index is -0.0856. The molecular formula is C30H25Cl3N2O3S. The topological polar surface area (TPSA) is 64.4 Å². The number of rotatable bonds is 9. The lowest BCUT2D eigenvalue weighted by Crippen LogP contribution is -2.14. The molecule has 5 nitrogen and oxygen atoms in total. The Morgan fingerprint density at radius 1 is 1.03 bits per heavy atom. The van der Waals surface area contributed by atoms with E-state index < -0.39 is 0 Å². The third kappa shape index (κ3) is 5.53. The molecule has 2 unspecified atom stereocenters. The zero-order valence-electron chi connectivity index (χ0n) is 21.0. The molecule has 4 aromatic rings. The van der Waals surface area contributed by atoms with Crippen LogP contribution < -0.4 is 9.46 Å². The SMILES string of the molecule is CSNC(=O)c1ccc(C2CC2c2ccc(OCc3c(-c4c(Cl)cccc4Cl)noc3C3CC3)cc2Cl)cc1. The summed E-state index contributed by atoms with van der Waals surface area (Å²) < 4.78 is 14.7. The molecule has 1 amide bonds.